The van der Waals surface area contributed by atoms with Gasteiger partial charge in [-0.15, -0.1) is 0 Å². The predicted octanol–water partition coefficient (Wildman–Crippen LogP) is 2.42. The number of carbonyl (C=O) groups is 1. The number of aryl methyl sites for hydroxylation is 1. The molecule has 0 aliphatic heterocycles. The molecule has 0 spiro atoms. The number of benzene rings is 1. The molecule has 1 aromatic carbocycles. The van der Waals surface area contributed by atoms with Crippen LogP contribution in [0.3, 0.4) is 0 Å². The molecular formula is C12H19NO. The number of hydrogen-bond acceptors (Lipinski definition) is 2. The molecule has 0 unspecified atom stereocenters. The van der Waals surface area contributed by atoms with Gasteiger partial charge in [0.05, 0.1) is 0 Å². The van der Waals surface area contributed by atoms with Gasteiger partial charge in [0, 0.05) is 5.56 Å². The van der Waals surface area contributed by atoms with E-state index in [1.807, 2.05) is 24.3 Å². The van der Waals surface area contributed by atoms with Gasteiger partial charge in [0.2, 0.25) is 0 Å². The molecule has 0 aliphatic carbocycles. The van der Waals surface area contributed by atoms with Crippen LogP contribution in [0, 0.1) is 0 Å². The Balaban J connectivity index is 0.000000791. The van der Waals surface area contributed by atoms with Gasteiger partial charge in [0.25, 0.3) is 0 Å². The zero-order valence-corrected chi connectivity index (χ0v) is 8.99. The van der Waals surface area contributed by atoms with Gasteiger partial charge in [-0.05, 0) is 25.5 Å². The van der Waals surface area contributed by atoms with Crippen molar-refractivity contribution in [1.82, 2.24) is 0 Å². The van der Waals surface area contributed by atoms with Crippen LogP contribution in [0.15, 0.2) is 24.3 Å². The van der Waals surface area contributed by atoms with Crippen LogP contribution in [0.25, 0.3) is 0 Å². The van der Waals surface area contributed by atoms with E-state index in [2.05, 4.69) is 12.7 Å². The highest BCUT2D eigenvalue weighted by Gasteiger charge is 1.92. The summed E-state index contributed by atoms with van der Waals surface area (Å²) in [5, 5.41) is 0. The molecule has 1 aromatic rings. The van der Waals surface area contributed by atoms with Gasteiger partial charge in [-0.2, -0.15) is 0 Å². The molecule has 2 heteroatoms. The first kappa shape index (κ1) is 12.8. The first-order valence-corrected chi connectivity index (χ1v) is 4.98. The predicted molar refractivity (Wildman–Crippen MR) is 60.6 cm³/mol. The fourth-order valence-corrected chi connectivity index (χ4v) is 1.14. The Morgan fingerprint density at radius 1 is 1.21 bits per heavy atom. The van der Waals surface area contributed by atoms with Crippen molar-refractivity contribution in [2.24, 2.45) is 5.73 Å². The molecule has 0 saturated carbocycles. The lowest BCUT2D eigenvalue weighted by Gasteiger charge is -1.98. The molecule has 1 rings (SSSR count). The summed E-state index contributed by atoms with van der Waals surface area (Å²) in [5.41, 5.74) is 6.58. The van der Waals surface area contributed by atoms with Gasteiger partial charge in [-0.1, -0.05) is 37.6 Å². The van der Waals surface area contributed by atoms with Crippen molar-refractivity contribution in [1.29, 1.82) is 0 Å². The lowest BCUT2D eigenvalue weighted by molar-refractivity contribution is 0.112. The van der Waals surface area contributed by atoms with Crippen LogP contribution >= 0.6 is 0 Å². The minimum atomic E-state index is 0.759. The fraction of sp³-hybridized carbons (Fsp3) is 0.417. The number of hydrogen-bond donors (Lipinski definition) is 1. The summed E-state index contributed by atoms with van der Waals surface area (Å²) < 4.78 is 0. The van der Waals surface area contributed by atoms with Crippen LogP contribution in [-0.4, -0.2) is 13.3 Å². The van der Waals surface area contributed by atoms with E-state index in [4.69, 9.17) is 0 Å². The zero-order valence-electron chi connectivity index (χ0n) is 8.99. The van der Waals surface area contributed by atoms with Crippen LogP contribution in [0.4, 0.5) is 0 Å². The molecule has 0 aliphatic rings. The molecule has 0 fully saturated rings. The van der Waals surface area contributed by atoms with Crippen molar-refractivity contribution in [2.75, 3.05) is 7.05 Å². The Labute approximate surface area is 86.1 Å². The van der Waals surface area contributed by atoms with Gasteiger partial charge in [0.15, 0.2) is 0 Å². The lowest BCUT2D eigenvalue weighted by Crippen LogP contribution is -1.85. The standard InChI is InChI=1S/C11H14O.CH5N/c1-2-3-4-10-5-7-11(9-12)8-6-10;1-2/h5-9H,2-4H2,1H3;2H2,1H3. The van der Waals surface area contributed by atoms with Crippen molar-refractivity contribution < 1.29 is 4.79 Å². The number of carbonyl (C=O) groups excluding carboxylic acids is 1. The monoisotopic (exact) mass is 193 g/mol. The lowest BCUT2D eigenvalue weighted by atomic mass is 10.1. The third-order valence-electron chi connectivity index (χ3n) is 1.93. The number of unbranched alkanes of at least 4 members (excludes halogenated alkanes) is 1. The van der Waals surface area contributed by atoms with Gasteiger partial charge in [-0.25, -0.2) is 0 Å². The third-order valence-corrected chi connectivity index (χ3v) is 1.93. The number of rotatable bonds is 4. The molecule has 2 nitrogen and oxygen atoms in total. The summed E-state index contributed by atoms with van der Waals surface area (Å²) in [7, 11) is 1.50. The molecule has 0 amide bonds. The van der Waals surface area contributed by atoms with E-state index >= 15 is 0 Å². The van der Waals surface area contributed by atoms with E-state index in [1.165, 1.54) is 25.5 Å². The average molecular weight is 193 g/mol. The second-order valence-electron chi connectivity index (χ2n) is 2.96. The van der Waals surface area contributed by atoms with Gasteiger partial charge >= 0.3 is 0 Å². The van der Waals surface area contributed by atoms with Crippen LogP contribution < -0.4 is 5.73 Å². The van der Waals surface area contributed by atoms with Crippen LogP contribution in [-0.2, 0) is 6.42 Å². The second kappa shape index (κ2) is 8.45. The molecule has 0 aromatic heterocycles. The summed E-state index contributed by atoms with van der Waals surface area (Å²) in [4.78, 5) is 10.3. The van der Waals surface area contributed by atoms with E-state index in [0.29, 0.717) is 0 Å². The van der Waals surface area contributed by atoms with Gasteiger partial charge < -0.3 is 5.73 Å². The summed E-state index contributed by atoms with van der Waals surface area (Å²) in [5.74, 6) is 0. The van der Waals surface area contributed by atoms with Crippen molar-refractivity contribution in [2.45, 2.75) is 26.2 Å². The number of aldehydes is 1. The zero-order chi connectivity index (χ0) is 10.8. The minimum Gasteiger partial charge on any atom is -0.333 e. The van der Waals surface area contributed by atoms with Crippen LogP contribution in [0.1, 0.15) is 35.7 Å². The average Bonchev–Trinajstić information content (AvgIpc) is 2.30. The quantitative estimate of drug-likeness (QED) is 0.746. The summed E-state index contributed by atoms with van der Waals surface area (Å²) in [6, 6.07) is 7.80. The highest BCUT2D eigenvalue weighted by Crippen LogP contribution is 2.06. The van der Waals surface area contributed by atoms with Crippen molar-refractivity contribution in [3.8, 4) is 0 Å². The first-order valence-electron chi connectivity index (χ1n) is 4.98. The smallest absolute Gasteiger partial charge is 0.150 e. The van der Waals surface area contributed by atoms with E-state index in [-0.39, 0.29) is 0 Å². The van der Waals surface area contributed by atoms with E-state index in [1.54, 1.807) is 0 Å². The largest absolute Gasteiger partial charge is 0.333 e. The van der Waals surface area contributed by atoms with E-state index in [9.17, 15) is 4.79 Å². The maximum Gasteiger partial charge on any atom is 0.150 e. The van der Waals surface area contributed by atoms with Crippen LogP contribution in [0.5, 0.6) is 0 Å². The second-order valence-corrected chi connectivity index (χ2v) is 2.96. The van der Waals surface area contributed by atoms with Crippen molar-refractivity contribution >= 4 is 6.29 Å². The molecule has 14 heavy (non-hydrogen) atoms. The Kier molecular flexibility index (Phi) is 7.75. The summed E-state index contributed by atoms with van der Waals surface area (Å²) in [6.45, 7) is 2.18. The normalized spacial score (nSPS) is 8.79. The molecule has 0 heterocycles. The molecule has 0 saturated heterocycles. The molecule has 0 atom stereocenters. The van der Waals surface area contributed by atoms with E-state index < -0.39 is 0 Å². The third kappa shape index (κ3) is 4.77. The van der Waals surface area contributed by atoms with Crippen LogP contribution in [0.2, 0.25) is 0 Å². The Bertz CT molecular complexity index is 241. The fourth-order valence-electron chi connectivity index (χ4n) is 1.14. The van der Waals surface area contributed by atoms with Crippen molar-refractivity contribution in [3.05, 3.63) is 35.4 Å². The topological polar surface area (TPSA) is 43.1 Å². The Hall–Kier alpha value is -1.15. The molecule has 0 radical (unpaired) electrons. The maximum absolute atomic E-state index is 10.3. The highest BCUT2D eigenvalue weighted by molar-refractivity contribution is 5.74. The maximum atomic E-state index is 10.3. The molecule has 0 bridgehead atoms. The Morgan fingerprint density at radius 2 is 1.79 bits per heavy atom. The van der Waals surface area contributed by atoms with Gasteiger partial charge in [0.1, 0.15) is 6.29 Å². The van der Waals surface area contributed by atoms with Gasteiger partial charge in [-0.3, -0.25) is 4.79 Å². The van der Waals surface area contributed by atoms with E-state index in [0.717, 1.165) is 18.3 Å². The molecule has 2 N–H and O–H groups in total. The highest BCUT2D eigenvalue weighted by atomic mass is 16.1. The number of nitrogens with two attached hydrogens (primary N) is 1. The minimum absolute atomic E-state index is 0.759. The molecular weight excluding hydrogens is 174 g/mol. The van der Waals surface area contributed by atoms with Crippen molar-refractivity contribution in [3.63, 3.8) is 0 Å². The first-order chi connectivity index (χ1) is 6.86. The summed E-state index contributed by atoms with van der Waals surface area (Å²) in [6.07, 6.45) is 4.44. The Morgan fingerprint density at radius 3 is 2.21 bits per heavy atom. The SMILES string of the molecule is CCCCc1ccc(C=O)cc1.CN. The molecule has 78 valence electrons. The summed E-state index contributed by atoms with van der Waals surface area (Å²) >= 11 is 0.